The van der Waals surface area contributed by atoms with Crippen LogP contribution in [0.15, 0.2) is 0 Å². The SMILES string of the molecule is CN1CC(N2CC(N3CC4(CN(C)C4)C3)C2)C1. The van der Waals surface area contributed by atoms with E-state index >= 15 is 0 Å². The van der Waals surface area contributed by atoms with E-state index < -0.39 is 0 Å². The lowest BCUT2D eigenvalue weighted by molar-refractivity contribution is -0.153. The van der Waals surface area contributed by atoms with E-state index in [-0.39, 0.29) is 0 Å². The molecule has 0 radical (unpaired) electrons. The van der Waals surface area contributed by atoms with Gasteiger partial charge in [-0.3, -0.25) is 9.80 Å². The van der Waals surface area contributed by atoms with Crippen LogP contribution in [0.1, 0.15) is 0 Å². The molecule has 4 heterocycles. The highest BCUT2D eigenvalue weighted by molar-refractivity contribution is 5.09. The fraction of sp³-hybridized carbons (Fsp3) is 1.00. The highest BCUT2D eigenvalue weighted by Crippen LogP contribution is 2.41. The molecule has 4 heteroatoms. The first kappa shape index (κ1) is 10.7. The van der Waals surface area contributed by atoms with Crippen molar-refractivity contribution in [3.63, 3.8) is 0 Å². The molecule has 0 unspecified atom stereocenters. The van der Waals surface area contributed by atoms with Crippen molar-refractivity contribution in [3.8, 4) is 0 Å². The van der Waals surface area contributed by atoms with Crippen LogP contribution < -0.4 is 0 Å². The molecule has 4 aliphatic heterocycles. The molecule has 4 fully saturated rings. The first-order valence-corrected chi connectivity index (χ1v) is 6.99. The van der Waals surface area contributed by atoms with E-state index in [1.165, 1.54) is 52.4 Å². The van der Waals surface area contributed by atoms with E-state index in [0.717, 1.165) is 12.1 Å². The monoisotopic (exact) mass is 236 g/mol. The van der Waals surface area contributed by atoms with E-state index in [2.05, 4.69) is 33.7 Å². The van der Waals surface area contributed by atoms with Gasteiger partial charge in [0.15, 0.2) is 0 Å². The van der Waals surface area contributed by atoms with Gasteiger partial charge in [-0.05, 0) is 14.1 Å². The maximum Gasteiger partial charge on any atom is 0.0351 e. The summed E-state index contributed by atoms with van der Waals surface area (Å²) in [5.74, 6) is 0. The predicted molar refractivity (Wildman–Crippen MR) is 68.1 cm³/mol. The third kappa shape index (κ3) is 1.58. The number of likely N-dealkylation sites (tertiary alicyclic amines) is 4. The minimum absolute atomic E-state index is 0.714. The summed E-state index contributed by atoms with van der Waals surface area (Å²) in [6.45, 7) is 10.7. The molecule has 4 aliphatic rings. The summed E-state index contributed by atoms with van der Waals surface area (Å²) in [5.41, 5.74) is 0.714. The van der Waals surface area contributed by atoms with Gasteiger partial charge >= 0.3 is 0 Å². The molecule has 4 saturated heterocycles. The van der Waals surface area contributed by atoms with Crippen molar-refractivity contribution in [2.75, 3.05) is 66.5 Å². The molecule has 0 atom stereocenters. The van der Waals surface area contributed by atoms with Gasteiger partial charge in [0.25, 0.3) is 0 Å². The molecule has 4 nitrogen and oxygen atoms in total. The number of hydrogen-bond donors (Lipinski definition) is 0. The van der Waals surface area contributed by atoms with Crippen LogP contribution in [-0.2, 0) is 0 Å². The summed E-state index contributed by atoms with van der Waals surface area (Å²) in [6, 6.07) is 1.76. The lowest BCUT2D eigenvalue weighted by atomic mass is 9.72. The second-order valence-electron chi connectivity index (χ2n) is 7.06. The van der Waals surface area contributed by atoms with Crippen molar-refractivity contribution >= 4 is 0 Å². The third-order valence-electron chi connectivity index (χ3n) is 5.26. The molecule has 96 valence electrons. The smallest absolute Gasteiger partial charge is 0.0351 e. The van der Waals surface area contributed by atoms with Crippen LogP contribution in [0.2, 0.25) is 0 Å². The summed E-state index contributed by atoms with van der Waals surface area (Å²) in [5, 5.41) is 0. The lowest BCUT2D eigenvalue weighted by Gasteiger charge is -2.64. The van der Waals surface area contributed by atoms with Crippen LogP contribution in [-0.4, -0.2) is 98.1 Å². The predicted octanol–water partition coefficient (Wildman–Crippen LogP) is -0.768. The zero-order valence-corrected chi connectivity index (χ0v) is 11.1. The second-order valence-corrected chi connectivity index (χ2v) is 7.06. The summed E-state index contributed by atoms with van der Waals surface area (Å²) in [6.07, 6.45) is 0. The summed E-state index contributed by atoms with van der Waals surface area (Å²) < 4.78 is 0. The highest BCUT2D eigenvalue weighted by Gasteiger charge is 2.53. The van der Waals surface area contributed by atoms with Gasteiger partial charge in [0.1, 0.15) is 0 Å². The van der Waals surface area contributed by atoms with Crippen molar-refractivity contribution in [2.45, 2.75) is 12.1 Å². The normalized spacial score (nSPS) is 36.4. The zero-order valence-electron chi connectivity index (χ0n) is 11.1. The molecule has 0 aliphatic carbocycles. The molecule has 0 bridgehead atoms. The quantitative estimate of drug-likeness (QED) is 0.624. The molecular weight excluding hydrogens is 212 g/mol. The maximum atomic E-state index is 2.73. The van der Waals surface area contributed by atoms with Gasteiger partial charge in [-0.1, -0.05) is 0 Å². The first-order chi connectivity index (χ1) is 8.13. The van der Waals surface area contributed by atoms with Gasteiger partial charge in [0.2, 0.25) is 0 Å². The molecule has 17 heavy (non-hydrogen) atoms. The second kappa shape index (κ2) is 3.44. The van der Waals surface area contributed by atoms with Crippen LogP contribution in [0, 0.1) is 5.41 Å². The van der Waals surface area contributed by atoms with Crippen molar-refractivity contribution in [3.05, 3.63) is 0 Å². The third-order valence-corrected chi connectivity index (χ3v) is 5.26. The van der Waals surface area contributed by atoms with Crippen LogP contribution in [0.3, 0.4) is 0 Å². The average Bonchev–Trinajstić information content (AvgIpc) is 2.05. The van der Waals surface area contributed by atoms with E-state index in [0.29, 0.717) is 5.41 Å². The van der Waals surface area contributed by atoms with E-state index in [9.17, 15) is 0 Å². The van der Waals surface area contributed by atoms with E-state index in [4.69, 9.17) is 0 Å². The largest absolute Gasteiger partial charge is 0.305 e. The van der Waals surface area contributed by atoms with Crippen molar-refractivity contribution in [1.82, 2.24) is 19.6 Å². The number of nitrogens with zero attached hydrogens (tertiary/aromatic N) is 4. The zero-order chi connectivity index (χ0) is 11.6. The molecular formula is C13H24N4. The Balaban J connectivity index is 1.21. The van der Waals surface area contributed by atoms with Crippen LogP contribution in [0.5, 0.6) is 0 Å². The minimum atomic E-state index is 0.714. The van der Waals surface area contributed by atoms with Crippen molar-refractivity contribution < 1.29 is 0 Å². The molecule has 0 amide bonds. The fourth-order valence-electron chi connectivity index (χ4n) is 4.29. The Kier molecular flexibility index (Phi) is 2.17. The number of hydrogen-bond acceptors (Lipinski definition) is 4. The van der Waals surface area contributed by atoms with Crippen LogP contribution in [0.25, 0.3) is 0 Å². The van der Waals surface area contributed by atoms with Gasteiger partial charge in [0.05, 0.1) is 0 Å². The summed E-state index contributed by atoms with van der Waals surface area (Å²) >= 11 is 0. The van der Waals surface area contributed by atoms with E-state index in [1.54, 1.807) is 0 Å². The summed E-state index contributed by atoms with van der Waals surface area (Å²) in [4.78, 5) is 10.3. The molecule has 0 aromatic carbocycles. The van der Waals surface area contributed by atoms with Crippen molar-refractivity contribution in [2.24, 2.45) is 5.41 Å². The Hall–Kier alpha value is -0.160. The van der Waals surface area contributed by atoms with Gasteiger partial charge in [-0.15, -0.1) is 0 Å². The lowest BCUT2D eigenvalue weighted by Crippen LogP contribution is -2.77. The molecule has 0 N–H and O–H groups in total. The molecule has 1 spiro atoms. The molecule has 0 aromatic rings. The number of likely N-dealkylation sites (N-methyl/N-ethyl adjacent to an activating group) is 1. The Morgan fingerprint density at radius 2 is 1.29 bits per heavy atom. The Labute approximate surface area is 104 Å². The summed E-state index contributed by atoms with van der Waals surface area (Å²) in [7, 11) is 4.46. The van der Waals surface area contributed by atoms with Gasteiger partial charge in [-0.25, -0.2) is 0 Å². The molecule has 0 aromatic heterocycles. The van der Waals surface area contributed by atoms with Gasteiger partial charge < -0.3 is 9.80 Å². The molecule has 0 saturated carbocycles. The number of rotatable bonds is 2. The fourth-order valence-corrected chi connectivity index (χ4v) is 4.29. The van der Waals surface area contributed by atoms with Gasteiger partial charge in [0, 0.05) is 69.9 Å². The van der Waals surface area contributed by atoms with Gasteiger partial charge in [-0.2, -0.15) is 0 Å². The maximum absolute atomic E-state index is 2.73. The average molecular weight is 236 g/mol. The van der Waals surface area contributed by atoms with Crippen LogP contribution in [0.4, 0.5) is 0 Å². The minimum Gasteiger partial charge on any atom is -0.305 e. The standard InChI is InChI=1S/C13H24N4/c1-14-3-11(4-14)16-5-12(6-16)17-9-13(10-17)7-15(2)8-13/h11-12H,3-10H2,1-2H3. The van der Waals surface area contributed by atoms with E-state index in [1.807, 2.05) is 0 Å². The Morgan fingerprint density at radius 3 is 1.82 bits per heavy atom. The first-order valence-electron chi connectivity index (χ1n) is 6.99. The Bertz CT molecular complexity index is 305. The Morgan fingerprint density at radius 1 is 0.706 bits per heavy atom. The van der Waals surface area contributed by atoms with Crippen LogP contribution >= 0.6 is 0 Å². The topological polar surface area (TPSA) is 13.0 Å². The van der Waals surface area contributed by atoms with Crippen molar-refractivity contribution in [1.29, 1.82) is 0 Å². The molecule has 4 rings (SSSR count). The highest BCUT2D eigenvalue weighted by atomic mass is 15.4.